The van der Waals surface area contributed by atoms with Crippen LogP contribution in [0.1, 0.15) is 104 Å². The minimum Gasteiger partial charge on any atom is -0.748 e. The van der Waals surface area contributed by atoms with Crippen LogP contribution in [0.25, 0.3) is 0 Å². The summed E-state index contributed by atoms with van der Waals surface area (Å²) in [6, 6.07) is 0. The van der Waals surface area contributed by atoms with Crippen LogP contribution in [-0.2, 0) is 10.1 Å². The third-order valence-corrected chi connectivity index (χ3v) is 6.45. The fourth-order valence-corrected chi connectivity index (χ4v) is 4.10. The van der Waals surface area contributed by atoms with Crippen LogP contribution >= 0.6 is 0 Å². The van der Waals surface area contributed by atoms with E-state index in [1.165, 1.54) is 70.6 Å². The molecule has 0 aliphatic rings. The van der Waals surface area contributed by atoms with Gasteiger partial charge < -0.3 is 20.1 Å². The molecule has 9 nitrogen and oxygen atoms in total. The Bertz CT molecular complexity index is 755. The molecule has 0 spiro atoms. The minimum atomic E-state index is -4.30. The summed E-state index contributed by atoms with van der Waals surface area (Å²) in [5.41, 5.74) is 0. The van der Waals surface area contributed by atoms with Gasteiger partial charge in [-0.3, -0.25) is 0 Å². The molecule has 198 valence electrons. The van der Waals surface area contributed by atoms with Crippen molar-refractivity contribution in [3.05, 3.63) is 0 Å². The van der Waals surface area contributed by atoms with Gasteiger partial charge in [-0.2, -0.15) is 15.0 Å². The average Bonchev–Trinajstić information content (AvgIpc) is 2.80. The largest absolute Gasteiger partial charge is 1.00 e. The van der Waals surface area contributed by atoms with Crippen molar-refractivity contribution in [1.82, 2.24) is 15.0 Å². The van der Waals surface area contributed by atoms with Gasteiger partial charge in [-0.25, -0.2) is 8.42 Å². The zero-order valence-electron chi connectivity index (χ0n) is 22.6. The smallest absolute Gasteiger partial charge is 0.748 e. The molecule has 1 aromatic heterocycles. The Morgan fingerprint density at radius 3 is 1.51 bits per heavy atom. The van der Waals surface area contributed by atoms with Gasteiger partial charge in [0.2, 0.25) is 17.8 Å². The van der Waals surface area contributed by atoms with Crippen molar-refractivity contribution in [3.63, 3.8) is 0 Å². The van der Waals surface area contributed by atoms with E-state index in [2.05, 4.69) is 39.4 Å². The molecule has 11 heteroatoms. The van der Waals surface area contributed by atoms with Crippen molar-refractivity contribution in [2.24, 2.45) is 0 Å². The Morgan fingerprint density at radius 1 is 0.714 bits per heavy atom. The van der Waals surface area contributed by atoms with Gasteiger partial charge in [0, 0.05) is 26.7 Å². The zero-order valence-corrected chi connectivity index (χ0v) is 25.5. The van der Waals surface area contributed by atoms with E-state index in [-0.39, 0.29) is 36.1 Å². The van der Waals surface area contributed by atoms with Gasteiger partial charge in [0.15, 0.2) is 0 Å². The van der Waals surface area contributed by atoms with E-state index in [0.29, 0.717) is 17.8 Å². The van der Waals surface area contributed by atoms with Crippen LogP contribution < -0.4 is 45.1 Å². The monoisotopic (exact) mass is 522 g/mol. The maximum atomic E-state index is 11.0. The first-order valence-corrected chi connectivity index (χ1v) is 14.8. The molecule has 0 aliphatic carbocycles. The number of nitrogens with zero attached hydrogens (tertiary/aromatic N) is 4. The molecule has 0 unspecified atom stereocenters. The molecule has 1 rings (SSSR count). The molecule has 0 radical (unpaired) electrons. The third kappa shape index (κ3) is 19.1. The molecule has 0 saturated carbocycles. The molecule has 0 aromatic carbocycles. The molecule has 1 heterocycles. The SMILES string of the molecule is CCCCCCCCCCNc1nc(NCCCCCCCC)nc(N(C)CCS(=O)(=O)[O-])n1.[Na+]. The summed E-state index contributed by atoms with van der Waals surface area (Å²) in [6.07, 6.45) is 17.2. The normalized spacial score (nSPS) is 11.2. The van der Waals surface area contributed by atoms with Gasteiger partial charge >= 0.3 is 29.6 Å². The van der Waals surface area contributed by atoms with Crippen LogP contribution in [0.5, 0.6) is 0 Å². The number of rotatable bonds is 22. The molecular weight excluding hydrogens is 475 g/mol. The molecule has 1 aromatic rings. The number of anilines is 3. The number of unbranched alkanes of at least 4 members (excludes halogenated alkanes) is 12. The molecule has 0 amide bonds. The van der Waals surface area contributed by atoms with Gasteiger partial charge in [0.25, 0.3) is 0 Å². The zero-order chi connectivity index (χ0) is 25.1. The van der Waals surface area contributed by atoms with Crippen molar-refractivity contribution in [1.29, 1.82) is 0 Å². The first kappa shape index (κ1) is 34.3. The second-order valence-corrected chi connectivity index (χ2v) is 10.6. The van der Waals surface area contributed by atoms with E-state index in [1.54, 1.807) is 11.9 Å². The van der Waals surface area contributed by atoms with Gasteiger partial charge in [0.1, 0.15) is 0 Å². The van der Waals surface area contributed by atoms with Gasteiger partial charge in [-0.15, -0.1) is 0 Å². The fraction of sp³-hybridized carbons (Fsp3) is 0.875. The number of hydrogen-bond acceptors (Lipinski definition) is 9. The molecule has 0 atom stereocenters. The van der Waals surface area contributed by atoms with Crippen molar-refractivity contribution in [2.45, 2.75) is 104 Å². The molecular formula is C24H47N6NaO3S. The van der Waals surface area contributed by atoms with Crippen LogP contribution in [0, 0.1) is 0 Å². The van der Waals surface area contributed by atoms with Crippen molar-refractivity contribution in [3.8, 4) is 0 Å². The van der Waals surface area contributed by atoms with E-state index < -0.39 is 15.9 Å². The minimum absolute atomic E-state index is 0. The standard InChI is InChI=1S/C24H48N6O3S.Na/c1-4-6-8-10-12-13-15-17-19-26-23-27-22(25-18-16-14-11-9-7-5-2)28-24(29-23)30(3)20-21-34(31,32)33;/h4-21H2,1-3H3,(H,31,32,33)(H2,25,26,27,28,29);/q;+1/p-1. The molecule has 0 bridgehead atoms. The summed E-state index contributed by atoms with van der Waals surface area (Å²) in [7, 11) is -2.62. The van der Waals surface area contributed by atoms with Gasteiger partial charge in [-0.05, 0) is 12.8 Å². The summed E-state index contributed by atoms with van der Waals surface area (Å²) in [5, 5.41) is 6.55. The topological polar surface area (TPSA) is 123 Å². The van der Waals surface area contributed by atoms with Crippen LogP contribution in [0.3, 0.4) is 0 Å². The quantitative estimate of drug-likeness (QED) is 0.134. The number of aromatic nitrogens is 3. The van der Waals surface area contributed by atoms with Crippen LogP contribution in [0.2, 0.25) is 0 Å². The summed E-state index contributed by atoms with van der Waals surface area (Å²) < 4.78 is 33.0. The molecule has 0 saturated heterocycles. The van der Waals surface area contributed by atoms with E-state index >= 15 is 0 Å². The summed E-state index contributed by atoms with van der Waals surface area (Å²) >= 11 is 0. The maximum Gasteiger partial charge on any atom is 1.00 e. The molecule has 0 aliphatic heterocycles. The first-order chi connectivity index (χ1) is 16.4. The second kappa shape index (κ2) is 21.4. The summed E-state index contributed by atoms with van der Waals surface area (Å²) in [4.78, 5) is 14.9. The van der Waals surface area contributed by atoms with Crippen LogP contribution in [0.4, 0.5) is 17.8 Å². The third-order valence-electron chi connectivity index (χ3n) is 5.77. The Kier molecular flexibility index (Phi) is 21.0. The van der Waals surface area contributed by atoms with Crippen molar-refractivity contribution < 1.29 is 42.5 Å². The van der Waals surface area contributed by atoms with E-state index in [0.717, 1.165) is 32.4 Å². The Balaban J connectivity index is 0.0000116. The average molecular weight is 523 g/mol. The Morgan fingerprint density at radius 2 is 1.11 bits per heavy atom. The summed E-state index contributed by atoms with van der Waals surface area (Å²) in [5.74, 6) is 0.794. The maximum absolute atomic E-state index is 11.0. The van der Waals surface area contributed by atoms with Crippen molar-refractivity contribution in [2.75, 3.05) is 48.0 Å². The van der Waals surface area contributed by atoms with E-state index in [9.17, 15) is 13.0 Å². The second-order valence-electron chi connectivity index (χ2n) is 9.06. The molecule has 2 N–H and O–H groups in total. The van der Waals surface area contributed by atoms with Gasteiger partial charge in [-0.1, -0.05) is 90.9 Å². The number of nitrogens with one attached hydrogen (secondary N) is 2. The predicted molar refractivity (Wildman–Crippen MR) is 141 cm³/mol. The van der Waals surface area contributed by atoms with Crippen LogP contribution in [0.15, 0.2) is 0 Å². The molecule has 35 heavy (non-hydrogen) atoms. The van der Waals surface area contributed by atoms with E-state index in [4.69, 9.17) is 0 Å². The predicted octanol–water partition coefficient (Wildman–Crippen LogP) is 2.18. The fourth-order valence-electron chi connectivity index (χ4n) is 3.61. The number of hydrogen-bond donors (Lipinski definition) is 2. The van der Waals surface area contributed by atoms with Crippen molar-refractivity contribution >= 4 is 28.0 Å². The molecule has 0 fully saturated rings. The van der Waals surface area contributed by atoms with Crippen LogP contribution in [-0.4, -0.2) is 60.4 Å². The Labute approximate surface area is 236 Å². The van der Waals surface area contributed by atoms with Gasteiger partial charge in [0.05, 0.1) is 15.9 Å². The Hall–Kier alpha value is -0.680. The summed E-state index contributed by atoms with van der Waals surface area (Å²) in [6.45, 7) is 6.02. The van der Waals surface area contributed by atoms with E-state index in [1.807, 2.05) is 0 Å². The first-order valence-electron chi connectivity index (χ1n) is 13.2.